The summed E-state index contributed by atoms with van der Waals surface area (Å²) in [6.07, 6.45) is -3.84. The molecule has 1 aromatic heterocycles. The first-order valence-corrected chi connectivity index (χ1v) is 15.1. The molecule has 2 N–H and O–H groups in total. The molecule has 3 heterocycles. The molecular formula is C31H32F3N7O3S. The third kappa shape index (κ3) is 7.86. The number of amides is 2. The van der Waals surface area contributed by atoms with Gasteiger partial charge in [0.1, 0.15) is 10.4 Å². The van der Waals surface area contributed by atoms with Gasteiger partial charge in [0, 0.05) is 49.9 Å². The van der Waals surface area contributed by atoms with Crippen LogP contribution in [-0.2, 0) is 16.4 Å². The van der Waals surface area contributed by atoms with Gasteiger partial charge in [-0.3, -0.25) is 14.5 Å². The van der Waals surface area contributed by atoms with Gasteiger partial charge in [0.25, 0.3) is 5.91 Å². The average molecular weight is 640 g/mol. The summed E-state index contributed by atoms with van der Waals surface area (Å²) in [5.74, 6) is -1.24. The number of rotatable bonds is 8. The van der Waals surface area contributed by atoms with Crippen LogP contribution in [0.25, 0.3) is 6.08 Å². The van der Waals surface area contributed by atoms with Crippen LogP contribution in [0.1, 0.15) is 41.8 Å². The predicted molar refractivity (Wildman–Crippen MR) is 163 cm³/mol. The first-order chi connectivity index (χ1) is 21.3. The Bertz CT molecular complexity index is 1760. The number of nitrogens with zero attached hydrogens (tertiary/aromatic N) is 5. The van der Waals surface area contributed by atoms with Crippen molar-refractivity contribution >= 4 is 40.0 Å². The van der Waals surface area contributed by atoms with E-state index in [0.29, 0.717) is 20.7 Å². The van der Waals surface area contributed by atoms with E-state index < -0.39 is 35.0 Å². The zero-order valence-electron chi connectivity index (χ0n) is 24.9. The molecule has 0 bridgehead atoms. The largest absolute Gasteiger partial charge is 0.468 e. The number of likely N-dealkylation sites (N-methyl/N-ethyl adjacent to an activating group) is 1. The van der Waals surface area contributed by atoms with Gasteiger partial charge in [-0.15, -0.1) is 0 Å². The Balaban J connectivity index is 1.30. The molecule has 1 unspecified atom stereocenters. The van der Waals surface area contributed by atoms with E-state index in [4.69, 9.17) is 4.74 Å². The SMILES string of the molecule is CN1CCN(CC(=O)Nc2nc3c(s2)=NC(Oc2cc(NC(=O)c4cccc(C(C)(C)C#N)c4)ccc2C(F)(F)F)CC=3)CC1. The molecular weight excluding hydrogens is 607 g/mol. The number of hydrogen-bond acceptors (Lipinski definition) is 9. The monoisotopic (exact) mass is 639 g/mol. The lowest BCUT2D eigenvalue weighted by molar-refractivity contribution is -0.139. The zero-order chi connectivity index (χ0) is 32.4. The number of halogens is 3. The molecule has 1 atom stereocenters. The number of thiazole rings is 1. The molecule has 2 aromatic carbocycles. The Hall–Kier alpha value is -4.32. The molecule has 1 fully saturated rings. The fraction of sp³-hybridized carbons (Fsp3) is 0.387. The van der Waals surface area contributed by atoms with Crippen molar-refractivity contribution in [2.45, 2.75) is 38.1 Å². The summed E-state index contributed by atoms with van der Waals surface area (Å²) in [4.78, 5) is 38.7. The Morgan fingerprint density at radius 1 is 1.11 bits per heavy atom. The van der Waals surface area contributed by atoms with E-state index in [2.05, 4.69) is 36.5 Å². The lowest BCUT2D eigenvalue weighted by atomic mass is 9.85. The summed E-state index contributed by atoms with van der Waals surface area (Å²) < 4.78 is 47.9. The average Bonchev–Trinajstić information content (AvgIpc) is 3.39. The highest BCUT2D eigenvalue weighted by Crippen LogP contribution is 2.38. The number of benzene rings is 2. The highest BCUT2D eigenvalue weighted by molar-refractivity contribution is 7.13. The number of fused-ring (bicyclic) bond motifs is 1. The molecule has 10 nitrogen and oxygen atoms in total. The van der Waals surface area contributed by atoms with Crippen LogP contribution in [-0.4, -0.2) is 72.6 Å². The fourth-order valence-electron chi connectivity index (χ4n) is 4.84. The summed E-state index contributed by atoms with van der Waals surface area (Å²) in [6.45, 7) is 7.03. The minimum atomic E-state index is -4.72. The second-order valence-corrected chi connectivity index (χ2v) is 12.4. The molecule has 236 valence electrons. The molecule has 0 radical (unpaired) electrons. The van der Waals surface area contributed by atoms with Gasteiger partial charge in [0.15, 0.2) is 11.4 Å². The minimum Gasteiger partial charge on any atom is -0.468 e. The predicted octanol–water partition coefficient (Wildman–Crippen LogP) is 3.61. The van der Waals surface area contributed by atoms with Crippen molar-refractivity contribution in [3.63, 3.8) is 0 Å². The number of carbonyl (C=O) groups excluding carboxylic acids is 2. The van der Waals surface area contributed by atoms with Crippen LogP contribution in [0, 0.1) is 11.3 Å². The third-order valence-corrected chi connectivity index (χ3v) is 8.45. The normalized spacial score (nSPS) is 17.3. The number of anilines is 2. The van der Waals surface area contributed by atoms with Gasteiger partial charge in [-0.1, -0.05) is 23.5 Å². The lowest BCUT2D eigenvalue weighted by Crippen LogP contribution is -2.47. The van der Waals surface area contributed by atoms with Gasteiger partial charge in [-0.05, 0) is 56.8 Å². The van der Waals surface area contributed by atoms with Gasteiger partial charge in [0.2, 0.25) is 5.91 Å². The number of ether oxygens (including phenoxy) is 1. The van der Waals surface area contributed by atoms with E-state index in [1.807, 2.05) is 7.05 Å². The quantitative estimate of drug-likeness (QED) is 0.386. The van der Waals surface area contributed by atoms with Crippen LogP contribution >= 0.6 is 11.3 Å². The molecule has 2 aliphatic heterocycles. The second kappa shape index (κ2) is 13.0. The van der Waals surface area contributed by atoms with Gasteiger partial charge >= 0.3 is 6.18 Å². The van der Waals surface area contributed by atoms with Crippen LogP contribution in [0.4, 0.5) is 24.0 Å². The van der Waals surface area contributed by atoms with Crippen molar-refractivity contribution in [2.24, 2.45) is 4.99 Å². The summed E-state index contributed by atoms with van der Waals surface area (Å²) in [5.41, 5.74) is -0.873. The maximum absolute atomic E-state index is 13.9. The third-order valence-electron chi connectivity index (χ3n) is 7.55. The standard InChI is InChI=1S/C31H32F3N7O3S/c1-30(2,18-35)20-6-4-5-19(15-20)27(43)36-21-7-8-22(31(32,33)34)24(16-21)44-26-10-9-23-28(39-26)45-29(37-23)38-25(42)17-41-13-11-40(3)12-14-41/h4-9,15-16,26H,10-14,17H2,1-3H3,(H,36,43)(H,37,38,42). The van der Waals surface area contributed by atoms with E-state index in [1.54, 1.807) is 44.2 Å². The number of piperazine rings is 1. The Kier molecular flexibility index (Phi) is 9.24. The lowest BCUT2D eigenvalue weighted by Gasteiger charge is -2.31. The maximum atomic E-state index is 13.9. The van der Waals surface area contributed by atoms with Crippen molar-refractivity contribution < 1.29 is 27.5 Å². The highest BCUT2D eigenvalue weighted by Gasteiger charge is 2.35. The van der Waals surface area contributed by atoms with Crippen LogP contribution in [0.5, 0.6) is 5.75 Å². The van der Waals surface area contributed by atoms with E-state index in [1.165, 1.54) is 0 Å². The number of nitrogens with one attached hydrogen (secondary N) is 2. The molecule has 2 amide bonds. The second-order valence-electron chi connectivity index (χ2n) is 11.5. The highest BCUT2D eigenvalue weighted by atomic mass is 32.1. The number of carbonyl (C=O) groups is 2. The Morgan fingerprint density at radius 2 is 1.87 bits per heavy atom. The molecule has 1 saturated heterocycles. The zero-order valence-corrected chi connectivity index (χ0v) is 25.8. The van der Waals surface area contributed by atoms with E-state index >= 15 is 0 Å². The molecule has 14 heteroatoms. The molecule has 45 heavy (non-hydrogen) atoms. The van der Waals surface area contributed by atoms with Crippen molar-refractivity contribution in [1.82, 2.24) is 14.8 Å². The fourth-order valence-corrected chi connectivity index (χ4v) is 5.73. The maximum Gasteiger partial charge on any atom is 0.419 e. The van der Waals surface area contributed by atoms with Crippen LogP contribution in [0.3, 0.4) is 0 Å². The minimum absolute atomic E-state index is 0.0940. The van der Waals surface area contributed by atoms with E-state index in [0.717, 1.165) is 55.7 Å². The molecule has 0 saturated carbocycles. The molecule has 0 spiro atoms. The van der Waals surface area contributed by atoms with E-state index in [9.17, 15) is 28.0 Å². The molecule has 2 aliphatic rings. The van der Waals surface area contributed by atoms with Crippen molar-refractivity contribution in [2.75, 3.05) is 50.4 Å². The van der Waals surface area contributed by atoms with Gasteiger partial charge in [-0.25, -0.2) is 9.98 Å². The number of nitriles is 1. The van der Waals surface area contributed by atoms with Crippen molar-refractivity contribution in [1.29, 1.82) is 5.26 Å². The summed E-state index contributed by atoms with van der Waals surface area (Å²) in [5, 5.41) is 15.7. The number of alkyl halides is 3. The van der Waals surface area contributed by atoms with E-state index in [-0.39, 0.29) is 30.1 Å². The Morgan fingerprint density at radius 3 is 2.58 bits per heavy atom. The van der Waals surface area contributed by atoms with Gasteiger partial charge in [-0.2, -0.15) is 18.4 Å². The van der Waals surface area contributed by atoms with Crippen LogP contribution in [0.2, 0.25) is 0 Å². The molecule has 0 aliphatic carbocycles. The summed E-state index contributed by atoms with van der Waals surface area (Å²) >= 11 is 1.12. The molecule has 5 rings (SSSR count). The Labute approximate surface area is 261 Å². The van der Waals surface area contributed by atoms with Crippen molar-refractivity contribution in [3.05, 3.63) is 69.2 Å². The summed E-state index contributed by atoms with van der Waals surface area (Å²) in [7, 11) is 2.04. The number of aromatic nitrogens is 1. The van der Waals surface area contributed by atoms with Gasteiger partial charge < -0.3 is 20.3 Å². The van der Waals surface area contributed by atoms with Gasteiger partial charge in [0.05, 0.1) is 28.9 Å². The first-order valence-electron chi connectivity index (χ1n) is 14.3. The molecule has 3 aromatic rings. The topological polar surface area (TPSA) is 123 Å². The summed E-state index contributed by atoms with van der Waals surface area (Å²) in [6, 6.07) is 11.8. The first kappa shape index (κ1) is 32.1. The van der Waals surface area contributed by atoms with Crippen LogP contribution < -0.4 is 25.4 Å². The van der Waals surface area contributed by atoms with Crippen molar-refractivity contribution in [3.8, 4) is 11.8 Å². The number of hydrogen-bond donors (Lipinski definition) is 2. The van der Waals surface area contributed by atoms with Crippen LogP contribution in [0.15, 0.2) is 47.5 Å². The smallest absolute Gasteiger partial charge is 0.419 e.